The number of rotatable bonds is 10. The first-order valence-corrected chi connectivity index (χ1v) is 15.7. The van der Waals surface area contributed by atoms with Crippen LogP contribution in [0.3, 0.4) is 0 Å². The van der Waals surface area contributed by atoms with Crippen LogP contribution in [0.15, 0.2) is 58.7 Å². The molecule has 0 spiro atoms. The average molecular weight is 612 g/mol. The van der Waals surface area contributed by atoms with Crippen LogP contribution in [0.25, 0.3) is 10.3 Å². The van der Waals surface area contributed by atoms with Gasteiger partial charge >= 0.3 is 0 Å². The Bertz CT molecular complexity index is 1720. The number of pyridine rings is 1. The highest BCUT2D eigenvalue weighted by molar-refractivity contribution is 7.92. The number of anilines is 1. The van der Waals surface area contributed by atoms with Crippen molar-refractivity contribution in [2.24, 2.45) is 12.2 Å². The summed E-state index contributed by atoms with van der Waals surface area (Å²) in [4.78, 5) is 30.9. The SMILES string of the molecule is CN1CC(Oc2ccc3nc(NC(=O)/C(=N/OCc4ccn(C)n4)c4ccc(S(=O)(=O)[C@H]5CCOC5)cc4)sc3n2)C1. The van der Waals surface area contributed by atoms with Gasteiger partial charge in [0, 0.05) is 44.6 Å². The van der Waals surface area contributed by atoms with Gasteiger partial charge in [0.15, 0.2) is 27.3 Å². The summed E-state index contributed by atoms with van der Waals surface area (Å²) >= 11 is 1.20. The van der Waals surface area contributed by atoms with Gasteiger partial charge in [-0.25, -0.2) is 18.4 Å². The number of thiazole rings is 1. The van der Waals surface area contributed by atoms with Crippen molar-refractivity contribution in [2.75, 3.05) is 38.7 Å². The number of nitrogens with zero attached hydrogens (tertiary/aromatic N) is 6. The molecule has 1 amide bonds. The number of aromatic nitrogens is 4. The molecule has 1 atom stereocenters. The number of benzene rings is 1. The van der Waals surface area contributed by atoms with Crippen LogP contribution < -0.4 is 10.1 Å². The Kier molecular flexibility index (Phi) is 7.90. The normalized spacial score (nSPS) is 18.2. The van der Waals surface area contributed by atoms with Gasteiger partial charge in [-0.1, -0.05) is 28.6 Å². The van der Waals surface area contributed by atoms with Crippen molar-refractivity contribution < 1.29 is 27.5 Å². The number of carbonyl (C=O) groups is 1. The second-order valence-electron chi connectivity index (χ2n) is 10.2. The van der Waals surface area contributed by atoms with Gasteiger partial charge in [0.05, 0.1) is 16.8 Å². The minimum absolute atomic E-state index is 0.0381. The molecular formula is C27H29N7O6S2. The molecule has 0 unspecified atom stereocenters. The summed E-state index contributed by atoms with van der Waals surface area (Å²) in [5.74, 6) is -0.0737. The largest absolute Gasteiger partial charge is 0.472 e. The van der Waals surface area contributed by atoms with E-state index < -0.39 is 21.0 Å². The Morgan fingerprint density at radius 1 is 1.14 bits per heavy atom. The summed E-state index contributed by atoms with van der Waals surface area (Å²) in [5.41, 5.74) is 1.56. The fraction of sp³-hybridized carbons (Fsp3) is 0.370. The maximum atomic E-state index is 13.5. The zero-order chi connectivity index (χ0) is 29.3. The molecule has 0 bridgehead atoms. The monoisotopic (exact) mass is 611 g/mol. The van der Waals surface area contributed by atoms with Crippen LogP contribution >= 0.6 is 11.3 Å². The van der Waals surface area contributed by atoms with E-state index in [1.807, 2.05) is 7.05 Å². The third-order valence-electron chi connectivity index (χ3n) is 6.90. The number of likely N-dealkylation sites (tertiary alicyclic amines) is 1. The summed E-state index contributed by atoms with van der Waals surface area (Å²) in [6, 6.07) is 11.3. The lowest BCUT2D eigenvalue weighted by molar-refractivity contribution is -0.110. The average Bonchev–Trinajstić information content (AvgIpc) is 3.72. The van der Waals surface area contributed by atoms with Crippen molar-refractivity contribution in [3.05, 3.63) is 59.9 Å². The van der Waals surface area contributed by atoms with Crippen molar-refractivity contribution in [3.63, 3.8) is 0 Å². The molecule has 6 rings (SSSR count). The third-order valence-corrected chi connectivity index (χ3v) is 9.96. The molecule has 42 heavy (non-hydrogen) atoms. The van der Waals surface area contributed by atoms with E-state index in [4.69, 9.17) is 14.3 Å². The number of nitrogens with one attached hydrogen (secondary N) is 1. The van der Waals surface area contributed by atoms with E-state index in [1.54, 1.807) is 36.1 Å². The van der Waals surface area contributed by atoms with Gasteiger partial charge in [-0.3, -0.25) is 19.7 Å². The van der Waals surface area contributed by atoms with E-state index in [-0.39, 0.29) is 29.9 Å². The standard InChI is InChI=1S/C27H29N7O6S2/c1-33-13-19(14-33)40-23-8-7-22-26(29-23)41-27(28-22)30-25(35)24(32-39-15-18-9-11-34(2)31-18)17-3-5-20(6-4-17)42(36,37)21-10-12-38-16-21/h3-9,11,19,21H,10,12-16H2,1-2H3,(H,28,30,35)/b32-24+/t21-/m0/s1. The van der Waals surface area contributed by atoms with Gasteiger partial charge in [0.2, 0.25) is 5.88 Å². The van der Waals surface area contributed by atoms with E-state index in [2.05, 4.69) is 30.4 Å². The summed E-state index contributed by atoms with van der Waals surface area (Å²) in [5, 5.41) is 10.9. The molecule has 5 heterocycles. The van der Waals surface area contributed by atoms with Gasteiger partial charge in [-0.2, -0.15) is 5.10 Å². The first kappa shape index (κ1) is 28.2. The highest BCUT2D eigenvalue weighted by Crippen LogP contribution is 2.28. The molecule has 2 aliphatic rings. The number of carbonyl (C=O) groups excluding carboxylic acids is 1. The second-order valence-corrected chi connectivity index (χ2v) is 13.4. The van der Waals surface area contributed by atoms with Crippen LogP contribution in [0.4, 0.5) is 5.13 Å². The second kappa shape index (κ2) is 11.8. The molecule has 1 N–H and O–H groups in total. The number of aryl methyl sites for hydroxylation is 1. The quantitative estimate of drug-likeness (QED) is 0.209. The Balaban J connectivity index is 1.22. The molecule has 13 nitrogen and oxygen atoms in total. The number of hydrogen-bond donors (Lipinski definition) is 1. The molecule has 2 aliphatic heterocycles. The fourth-order valence-electron chi connectivity index (χ4n) is 4.64. The predicted molar refractivity (Wildman–Crippen MR) is 155 cm³/mol. The predicted octanol–water partition coefficient (Wildman–Crippen LogP) is 2.24. The van der Waals surface area contributed by atoms with E-state index in [0.29, 0.717) is 45.6 Å². The summed E-state index contributed by atoms with van der Waals surface area (Å²) in [6.45, 7) is 2.31. The number of sulfone groups is 1. The minimum Gasteiger partial charge on any atom is -0.472 e. The molecule has 2 fully saturated rings. The first-order valence-electron chi connectivity index (χ1n) is 13.3. The first-order chi connectivity index (χ1) is 20.2. The Hall–Kier alpha value is -3.92. The Labute approximate surface area is 246 Å². The van der Waals surface area contributed by atoms with Crippen LogP contribution in [0.1, 0.15) is 17.7 Å². The van der Waals surface area contributed by atoms with Crippen molar-refractivity contribution in [3.8, 4) is 5.88 Å². The van der Waals surface area contributed by atoms with Crippen molar-refractivity contribution >= 4 is 48.3 Å². The van der Waals surface area contributed by atoms with Gasteiger partial charge in [-0.05, 0) is 37.7 Å². The number of fused-ring (bicyclic) bond motifs is 1. The van der Waals surface area contributed by atoms with Crippen LogP contribution in [0, 0.1) is 0 Å². The van der Waals surface area contributed by atoms with Gasteiger partial charge < -0.3 is 14.3 Å². The maximum absolute atomic E-state index is 13.5. The molecule has 0 saturated carbocycles. The van der Waals surface area contributed by atoms with Crippen molar-refractivity contribution in [2.45, 2.75) is 29.3 Å². The number of amides is 1. The highest BCUT2D eigenvalue weighted by atomic mass is 32.2. The Morgan fingerprint density at radius 3 is 2.64 bits per heavy atom. The number of hydrogen-bond acceptors (Lipinski definition) is 12. The number of ether oxygens (including phenoxy) is 2. The lowest BCUT2D eigenvalue weighted by Crippen LogP contribution is -2.51. The molecule has 3 aromatic heterocycles. The van der Waals surface area contributed by atoms with E-state index in [9.17, 15) is 13.2 Å². The lowest BCUT2D eigenvalue weighted by atomic mass is 10.1. The van der Waals surface area contributed by atoms with E-state index >= 15 is 0 Å². The van der Waals surface area contributed by atoms with Crippen molar-refractivity contribution in [1.29, 1.82) is 0 Å². The maximum Gasteiger partial charge on any atom is 0.280 e. The van der Waals surface area contributed by atoms with Crippen LogP contribution in [0.5, 0.6) is 5.88 Å². The van der Waals surface area contributed by atoms with Crippen LogP contribution in [-0.2, 0) is 37.9 Å². The lowest BCUT2D eigenvalue weighted by Gasteiger charge is -2.35. The molecule has 220 valence electrons. The molecule has 2 saturated heterocycles. The fourth-order valence-corrected chi connectivity index (χ4v) is 7.05. The minimum atomic E-state index is -3.56. The molecule has 0 radical (unpaired) electrons. The van der Waals surface area contributed by atoms with Crippen LogP contribution in [0.2, 0.25) is 0 Å². The summed E-state index contributed by atoms with van der Waals surface area (Å²) in [7, 11) is 0.248. The smallest absolute Gasteiger partial charge is 0.280 e. The zero-order valence-corrected chi connectivity index (χ0v) is 24.6. The molecule has 0 aliphatic carbocycles. The highest BCUT2D eigenvalue weighted by Gasteiger charge is 2.31. The molecule has 1 aromatic carbocycles. The van der Waals surface area contributed by atoms with Crippen LogP contribution in [-0.4, -0.2) is 89.4 Å². The summed E-state index contributed by atoms with van der Waals surface area (Å²) < 4.78 is 38.8. The van der Waals surface area contributed by atoms with Gasteiger partial charge in [0.25, 0.3) is 5.91 Å². The van der Waals surface area contributed by atoms with E-state index in [0.717, 1.165) is 13.1 Å². The van der Waals surface area contributed by atoms with Gasteiger partial charge in [0.1, 0.15) is 22.1 Å². The topological polar surface area (TPSA) is 150 Å². The number of oxime groups is 1. The molecule has 4 aromatic rings. The van der Waals surface area contributed by atoms with Gasteiger partial charge in [-0.15, -0.1) is 0 Å². The molecule has 15 heteroatoms. The van der Waals surface area contributed by atoms with E-state index in [1.165, 1.54) is 35.6 Å². The molecular weight excluding hydrogens is 582 g/mol. The third kappa shape index (κ3) is 6.13. The Morgan fingerprint density at radius 2 is 1.95 bits per heavy atom. The van der Waals surface area contributed by atoms with Crippen molar-refractivity contribution in [1.82, 2.24) is 24.6 Å². The number of likely N-dealkylation sites (N-methyl/N-ethyl adjacent to an activating group) is 1. The summed E-state index contributed by atoms with van der Waals surface area (Å²) in [6.07, 6.45) is 2.32. The zero-order valence-electron chi connectivity index (χ0n) is 23.0.